The normalized spacial score (nSPS) is 10.5. The summed E-state index contributed by atoms with van der Waals surface area (Å²) in [5.74, 6) is -0.290. The number of anilines is 1. The van der Waals surface area contributed by atoms with E-state index < -0.39 is 0 Å². The molecule has 0 saturated carbocycles. The van der Waals surface area contributed by atoms with Crippen molar-refractivity contribution in [1.29, 1.82) is 0 Å². The lowest BCUT2D eigenvalue weighted by molar-refractivity contribution is 0.628. The van der Waals surface area contributed by atoms with Crippen LogP contribution >= 0.6 is 23.2 Å². The molecular weight excluding hydrogens is 272 g/mol. The van der Waals surface area contributed by atoms with Gasteiger partial charge in [0.2, 0.25) is 0 Å². The minimum Gasteiger partial charge on any atom is -0.378 e. The maximum absolute atomic E-state index is 13.6. The average molecular weight is 284 g/mol. The van der Waals surface area contributed by atoms with E-state index in [1.54, 1.807) is 18.2 Å². The Balaban J connectivity index is 2.56. The van der Waals surface area contributed by atoms with E-state index in [-0.39, 0.29) is 5.82 Å². The second-order valence-electron chi connectivity index (χ2n) is 4.22. The third-order valence-electron chi connectivity index (χ3n) is 2.64. The topological polar surface area (TPSA) is 3.24 Å². The van der Waals surface area contributed by atoms with E-state index in [1.165, 1.54) is 12.1 Å². The molecule has 0 aliphatic carbocycles. The molecule has 0 spiro atoms. The van der Waals surface area contributed by atoms with E-state index >= 15 is 0 Å². The summed E-state index contributed by atoms with van der Waals surface area (Å²) < 4.78 is 13.6. The number of rotatable bonds is 2. The van der Waals surface area contributed by atoms with Gasteiger partial charge in [0, 0.05) is 35.4 Å². The molecule has 0 heterocycles. The SMILES string of the molecule is CN(C)c1cc(F)cc(-c2ccc(Cl)cc2Cl)c1. The van der Waals surface area contributed by atoms with Crippen molar-refractivity contribution in [2.24, 2.45) is 0 Å². The molecule has 0 atom stereocenters. The molecule has 94 valence electrons. The van der Waals surface area contributed by atoms with Gasteiger partial charge < -0.3 is 4.90 Å². The molecule has 0 saturated heterocycles. The van der Waals surface area contributed by atoms with E-state index in [0.29, 0.717) is 10.0 Å². The fourth-order valence-corrected chi connectivity index (χ4v) is 2.23. The zero-order valence-electron chi connectivity index (χ0n) is 10.0. The van der Waals surface area contributed by atoms with Gasteiger partial charge in [-0.25, -0.2) is 4.39 Å². The molecule has 0 aliphatic rings. The predicted molar refractivity (Wildman–Crippen MR) is 76.2 cm³/mol. The Morgan fingerprint density at radius 2 is 1.72 bits per heavy atom. The zero-order chi connectivity index (χ0) is 13.3. The van der Waals surface area contributed by atoms with Crippen LogP contribution in [0.1, 0.15) is 0 Å². The van der Waals surface area contributed by atoms with Crippen LogP contribution in [0.25, 0.3) is 11.1 Å². The standard InChI is InChI=1S/C14H12Cl2FN/c1-18(2)12-6-9(5-11(17)8-12)13-4-3-10(15)7-14(13)16/h3-8H,1-2H3. The highest BCUT2D eigenvalue weighted by Crippen LogP contribution is 2.32. The Kier molecular flexibility index (Phi) is 3.79. The predicted octanol–water partition coefficient (Wildman–Crippen LogP) is 4.87. The molecule has 2 aromatic rings. The molecule has 0 radical (unpaired) electrons. The molecule has 0 bridgehead atoms. The second kappa shape index (κ2) is 5.17. The summed E-state index contributed by atoms with van der Waals surface area (Å²) in [6, 6.07) is 10.0. The zero-order valence-corrected chi connectivity index (χ0v) is 11.6. The van der Waals surface area contributed by atoms with Crippen molar-refractivity contribution >= 4 is 28.9 Å². The summed E-state index contributed by atoms with van der Waals surface area (Å²) in [7, 11) is 3.73. The third kappa shape index (κ3) is 2.77. The smallest absolute Gasteiger partial charge is 0.125 e. The van der Waals surface area contributed by atoms with Crippen molar-refractivity contribution in [2.45, 2.75) is 0 Å². The molecule has 0 amide bonds. The molecule has 1 nitrogen and oxygen atoms in total. The monoisotopic (exact) mass is 283 g/mol. The third-order valence-corrected chi connectivity index (χ3v) is 3.19. The van der Waals surface area contributed by atoms with Crippen LogP contribution in [-0.4, -0.2) is 14.1 Å². The number of halogens is 3. The van der Waals surface area contributed by atoms with Crippen LogP contribution in [-0.2, 0) is 0 Å². The van der Waals surface area contributed by atoms with Gasteiger partial charge in [0.25, 0.3) is 0 Å². The van der Waals surface area contributed by atoms with Crippen molar-refractivity contribution < 1.29 is 4.39 Å². The summed E-state index contributed by atoms with van der Waals surface area (Å²) >= 11 is 12.0. The van der Waals surface area contributed by atoms with Crippen molar-refractivity contribution in [3.63, 3.8) is 0 Å². The second-order valence-corrected chi connectivity index (χ2v) is 5.06. The first-order chi connectivity index (χ1) is 8.47. The Morgan fingerprint density at radius 1 is 1.00 bits per heavy atom. The molecular formula is C14H12Cl2FN. The van der Waals surface area contributed by atoms with Crippen molar-refractivity contribution in [3.8, 4) is 11.1 Å². The van der Waals surface area contributed by atoms with E-state index in [9.17, 15) is 4.39 Å². The minimum absolute atomic E-state index is 0.290. The number of nitrogens with zero attached hydrogens (tertiary/aromatic N) is 1. The first-order valence-corrected chi connectivity index (χ1v) is 6.16. The minimum atomic E-state index is -0.290. The first kappa shape index (κ1) is 13.2. The fraction of sp³-hybridized carbons (Fsp3) is 0.143. The van der Waals surface area contributed by atoms with Crippen molar-refractivity contribution in [1.82, 2.24) is 0 Å². The van der Waals surface area contributed by atoms with Gasteiger partial charge in [-0.15, -0.1) is 0 Å². The number of benzene rings is 2. The quantitative estimate of drug-likeness (QED) is 0.760. The van der Waals surface area contributed by atoms with Gasteiger partial charge in [-0.3, -0.25) is 0 Å². The molecule has 18 heavy (non-hydrogen) atoms. The van der Waals surface area contributed by atoms with Gasteiger partial charge in [0.1, 0.15) is 5.82 Å². The molecule has 0 aliphatic heterocycles. The largest absolute Gasteiger partial charge is 0.378 e. The van der Waals surface area contributed by atoms with Gasteiger partial charge >= 0.3 is 0 Å². The van der Waals surface area contributed by atoms with Crippen LogP contribution in [0.5, 0.6) is 0 Å². The first-order valence-electron chi connectivity index (χ1n) is 5.41. The molecule has 0 N–H and O–H groups in total. The average Bonchev–Trinajstić information content (AvgIpc) is 2.27. The lowest BCUT2D eigenvalue weighted by Gasteiger charge is -2.14. The van der Waals surface area contributed by atoms with Gasteiger partial charge in [-0.1, -0.05) is 29.3 Å². The Bertz CT molecular complexity index is 582. The van der Waals surface area contributed by atoms with Crippen LogP contribution < -0.4 is 4.90 Å². The highest BCUT2D eigenvalue weighted by atomic mass is 35.5. The summed E-state index contributed by atoms with van der Waals surface area (Å²) in [5, 5.41) is 1.07. The van der Waals surface area contributed by atoms with Gasteiger partial charge in [0.05, 0.1) is 0 Å². The molecule has 2 rings (SSSR count). The summed E-state index contributed by atoms with van der Waals surface area (Å²) in [6.45, 7) is 0. The summed E-state index contributed by atoms with van der Waals surface area (Å²) in [6.07, 6.45) is 0. The number of hydrogen-bond donors (Lipinski definition) is 0. The maximum atomic E-state index is 13.6. The molecule has 0 unspecified atom stereocenters. The van der Waals surface area contributed by atoms with Crippen LogP contribution in [0.15, 0.2) is 36.4 Å². The summed E-state index contributed by atoms with van der Waals surface area (Å²) in [5.41, 5.74) is 2.29. The van der Waals surface area contributed by atoms with Crippen LogP contribution in [0.4, 0.5) is 10.1 Å². The van der Waals surface area contributed by atoms with Crippen molar-refractivity contribution in [3.05, 3.63) is 52.3 Å². The highest BCUT2D eigenvalue weighted by molar-refractivity contribution is 6.36. The van der Waals surface area contributed by atoms with Gasteiger partial charge in [-0.05, 0) is 35.9 Å². The van der Waals surface area contributed by atoms with E-state index in [0.717, 1.165) is 16.8 Å². The van der Waals surface area contributed by atoms with Crippen LogP contribution in [0.2, 0.25) is 10.0 Å². The van der Waals surface area contributed by atoms with E-state index in [4.69, 9.17) is 23.2 Å². The Hall–Kier alpha value is -1.25. The van der Waals surface area contributed by atoms with Crippen LogP contribution in [0.3, 0.4) is 0 Å². The lowest BCUT2D eigenvalue weighted by Crippen LogP contribution is -2.08. The van der Waals surface area contributed by atoms with E-state index in [2.05, 4.69) is 0 Å². The number of hydrogen-bond acceptors (Lipinski definition) is 1. The van der Waals surface area contributed by atoms with E-state index in [1.807, 2.05) is 25.1 Å². The highest BCUT2D eigenvalue weighted by Gasteiger charge is 2.08. The maximum Gasteiger partial charge on any atom is 0.125 e. The summed E-state index contributed by atoms with van der Waals surface area (Å²) in [4.78, 5) is 1.84. The molecule has 0 fully saturated rings. The lowest BCUT2D eigenvalue weighted by atomic mass is 10.0. The van der Waals surface area contributed by atoms with Gasteiger partial charge in [0.15, 0.2) is 0 Å². The Labute approximate surface area is 116 Å². The van der Waals surface area contributed by atoms with Crippen molar-refractivity contribution in [2.75, 3.05) is 19.0 Å². The van der Waals surface area contributed by atoms with Crippen LogP contribution in [0, 0.1) is 5.82 Å². The van der Waals surface area contributed by atoms with Gasteiger partial charge in [-0.2, -0.15) is 0 Å². The fourth-order valence-electron chi connectivity index (χ4n) is 1.71. The molecule has 4 heteroatoms. The molecule has 0 aromatic heterocycles. The molecule has 2 aromatic carbocycles. The Morgan fingerprint density at radius 3 is 2.33 bits per heavy atom.